The molecule has 0 spiro atoms. The van der Waals surface area contributed by atoms with E-state index in [1.807, 2.05) is 39.0 Å². The minimum Gasteiger partial charge on any atom is -0.493 e. The number of hydrogen-bond acceptors (Lipinski definition) is 4. The number of amides is 1. The Hall–Kier alpha value is -1.46. The molecule has 1 amide bonds. The van der Waals surface area contributed by atoms with E-state index in [9.17, 15) is 4.79 Å². The standard InChI is InChI=1S/C17H26N2O3.ClH/c1-5-22-15-7-6-13(8-16(15)21-4)12(3)19-17(20)11(2)14-9-18-10-14;/h6-8,11-12,14,18H,5,9-10H2,1-4H3,(H,19,20);1H. The van der Waals surface area contributed by atoms with Gasteiger partial charge in [-0.3, -0.25) is 4.79 Å². The highest BCUT2D eigenvalue weighted by atomic mass is 35.5. The van der Waals surface area contributed by atoms with Gasteiger partial charge in [0.1, 0.15) is 0 Å². The van der Waals surface area contributed by atoms with Crippen LogP contribution >= 0.6 is 12.4 Å². The number of halogens is 1. The normalized spacial score (nSPS) is 16.5. The van der Waals surface area contributed by atoms with Crippen LogP contribution in [-0.2, 0) is 4.79 Å². The zero-order valence-corrected chi connectivity index (χ0v) is 15.0. The first-order valence-corrected chi connectivity index (χ1v) is 7.88. The molecule has 0 aromatic heterocycles. The molecule has 6 heteroatoms. The van der Waals surface area contributed by atoms with Gasteiger partial charge in [-0.05, 0) is 50.6 Å². The van der Waals surface area contributed by atoms with E-state index in [4.69, 9.17) is 9.47 Å². The number of carbonyl (C=O) groups is 1. The summed E-state index contributed by atoms with van der Waals surface area (Å²) in [5.74, 6) is 2.00. The second-order valence-electron chi connectivity index (χ2n) is 5.78. The van der Waals surface area contributed by atoms with E-state index in [1.165, 1.54) is 0 Å². The summed E-state index contributed by atoms with van der Waals surface area (Å²) in [4.78, 5) is 12.3. The van der Waals surface area contributed by atoms with E-state index in [-0.39, 0.29) is 30.3 Å². The molecule has 2 unspecified atom stereocenters. The molecular formula is C17H27ClN2O3. The zero-order valence-electron chi connectivity index (χ0n) is 14.2. The van der Waals surface area contributed by atoms with Crippen molar-refractivity contribution >= 4 is 18.3 Å². The largest absolute Gasteiger partial charge is 0.493 e. The Morgan fingerprint density at radius 1 is 1.35 bits per heavy atom. The highest BCUT2D eigenvalue weighted by molar-refractivity contribution is 5.85. The molecule has 0 radical (unpaired) electrons. The molecule has 1 aliphatic heterocycles. The second kappa shape index (κ2) is 8.99. The van der Waals surface area contributed by atoms with Crippen molar-refractivity contribution in [3.05, 3.63) is 23.8 Å². The van der Waals surface area contributed by atoms with Crippen LogP contribution in [0, 0.1) is 11.8 Å². The van der Waals surface area contributed by atoms with Gasteiger partial charge in [0.15, 0.2) is 11.5 Å². The van der Waals surface area contributed by atoms with Gasteiger partial charge in [-0.2, -0.15) is 0 Å². The highest BCUT2D eigenvalue weighted by Gasteiger charge is 2.29. The molecule has 1 aromatic rings. The van der Waals surface area contributed by atoms with Crippen LogP contribution in [0.15, 0.2) is 18.2 Å². The SMILES string of the molecule is CCOc1ccc(C(C)NC(=O)C(C)C2CNC2)cc1OC.Cl. The predicted octanol–water partition coefficient (Wildman–Crippen LogP) is 2.55. The summed E-state index contributed by atoms with van der Waals surface area (Å²) in [6, 6.07) is 5.71. The van der Waals surface area contributed by atoms with E-state index < -0.39 is 0 Å². The van der Waals surface area contributed by atoms with E-state index in [0.717, 1.165) is 24.4 Å². The lowest BCUT2D eigenvalue weighted by Gasteiger charge is -2.32. The fourth-order valence-electron chi connectivity index (χ4n) is 2.54. The molecule has 1 aromatic carbocycles. The van der Waals surface area contributed by atoms with E-state index in [0.29, 0.717) is 18.3 Å². The van der Waals surface area contributed by atoms with Gasteiger partial charge >= 0.3 is 0 Å². The maximum Gasteiger partial charge on any atom is 0.223 e. The van der Waals surface area contributed by atoms with Crippen LogP contribution in [0.5, 0.6) is 11.5 Å². The number of rotatable bonds is 7. The van der Waals surface area contributed by atoms with Gasteiger partial charge in [-0.1, -0.05) is 13.0 Å². The third-order valence-electron chi connectivity index (χ3n) is 4.28. The van der Waals surface area contributed by atoms with Crippen molar-refractivity contribution in [1.82, 2.24) is 10.6 Å². The highest BCUT2D eigenvalue weighted by Crippen LogP contribution is 2.30. The Morgan fingerprint density at radius 3 is 2.57 bits per heavy atom. The molecule has 130 valence electrons. The average molecular weight is 343 g/mol. The Morgan fingerprint density at radius 2 is 2.04 bits per heavy atom. The summed E-state index contributed by atoms with van der Waals surface area (Å²) in [7, 11) is 1.62. The molecule has 1 saturated heterocycles. The van der Waals surface area contributed by atoms with Crippen molar-refractivity contribution < 1.29 is 14.3 Å². The first kappa shape index (κ1) is 19.6. The van der Waals surface area contributed by atoms with Gasteiger partial charge in [0.25, 0.3) is 0 Å². The topological polar surface area (TPSA) is 59.6 Å². The zero-order chi connectivity index (χ0) is 16.1. The van der Waals surface area contributed by atoms with Crippen molar-refractivity contribution in [2.45, 2.75) is 26.8 Å². The number of benzene rings is 1. The van der Waals surface area contributed by atoms with E-state index in [2.05, 4.69) is 10.6 Å². The third-order valence-corrected chi connectivity index (χ3v) is 4.28. The monoisotopic (exact) mass is 342 g/mol. The van der Waals surface area contributed by atoms with Crippen molar-refractivity contribution in [3.8, 4) is 11.5 Å². The Balaban J connectivity index is 0.00000264. The van der Waals surface area contributed by atoms with E-state index >= 15 is 0 Å². The summed E-state index contributed by atoms with van der Waals surface area (Å²) in [6.07, 6.45) is 0. The molecule has 2 atom stereocenters. The quantitative estimate of drug-likeness (QED) is 0.799. The number of nitrogens with one attached hydrogen (secondary N) is 2. The lowest BCUT2D eigenvalue weighted by molar-refractivity contribution is -0.127. The summed E-state index contributed by atoms with van der Waals surface area (Å²) < 4.78 is 10.9. The molecular weight excluding hydrogens is 316 g/mol. The van der Waals surface area contributed by atoms with Gasteiger partial charge in [-0.25, -0.2) is 0 Å². The number of hydrogen-bond donors (Lipinski definition) is 2. The second-order valence-corrected chi connectivity index (χ2v) is 5.78. The summed E-state index contributed by atoms with van der Waals surface area (Å²) in [5, 5.41) is 6.29. The summed E-state index contributed by atoms with van der Waals surface area (Å²) >= 11 is 0. The molecule has 1 aliphatic rings. The van der Waals surface area contributed by atoms with Crippen LogP contribution in [0.2, 0.25) is 0 Å². The van der Waals surface area contributed by atoms with Crippen LogP contribution in [-0.4, -0.2) is 32.7 Å². The first-order valence-electron chi connectivity index (χ1n) is 7.88. The molecule has 2 N–H and O–H groups in total. The van der Waals surface area contributed by atoms with Gasteiger partial charge < -0.3 is 20.1 Å². The molecule has 0 saturated carbocycles. The summed E-state index contributed by atoms with van der Waals surface area (Å²) in [5.41, 5.74) is 1.01. The van der Waals surface area contributed by atoms with Gasteiger partial charge in [0.2, 0.25) is 5.91 Å². The first-order chi connectivity index (χ1) is 10.6. The lowest BCUT2D eigenvalue weighted by atomic mass is 9.88. The Bertz CT molecular complexity index is 521. The molecule has 0 bridgehead atoms. The fraction of sp³-hybridized carbons (Fsp3) is 0.588. The van der Waals surface area contributed by atoms with Crippen LogP contribution in [0.4, 0.5) is 0 Å². The minimum absolute atomic E-state index is 0. The molecule has 2 rings (SSSR count). The molecule has 0 aliphatic carbocycles. The number of ether oxygens (including phenoxy) is 2. The van der Waals surface area contributed by atoms with Crippen LogP contribution in [0.25, 0.3) is 0 Å². The lowest BCUT2D eigenvalue weighted by Crippen LogP contribution is -2.49. The van der Waals surface area contributed by atoms with Gasteiger partial charge in [-0.15, -0.1) is 12.4 Å². The van der Waals surface area contributed by atoms with Gasteiger partial charge in [0.05, 0.1) is 19.8 Å². The van der Waals surface area contributed by atoms with Crippen molar-refractivity contribution in [1.29, 1.82) is 0 Å². The predicted molar refractivity (Wildman–Crippen MR) is 93.5 cm³/mol. The van der Waals surface area contributed by atoms with Crippen LogP contribution in [0.3, 0.4) is 0 Å². The minimum atomic E-state index is -0.0624. The Labute approximate surface area is 144 Å². The van der Waals surface area contributed by atoms with Crippen LogP contribution in [0.1, 0.15) is 32.4 Å². The molecule has 1 fully saturated rings. The maximum atomic E-state index is 12.3. The number of methoxy groups -OCH3 is 1. The smallest absolute Gasteiger partial charge is 0.223 e. The van der Waals surface area contributed by atoms with E-state index in [1.54, 1.807) is 7.11 Å². The van der Waals surface area contributed by atoms with Crippen molar-refractivity contribution in [3.63, 3.8) is 0 Å². The fourth-order valence-corrected chi connectivity index (χ4v) is 2.54. The van der Waals surface area contributed by atoms with Crippen LogP contribution < -0.4 is 20.1 Å². The van der Waals surface area contributed by atoms with Gasteiger partial charge in [0, 0.05) is 5.92 Å². The molecule has 5 nitrogen and oxygen atoms in total. The number of carbonyl (C=O) groups excluding carboxylic acids is 1. The average Bonchev–Trinajstić information content (AvgIpc) is 2.45. The maximum absolute atomic E-state index is 12.3. The van der Waals surface area contributed by atoms with Crippen molar-refractivity contribution in [2.75, 3.05) is 26.8 Å². The van der Waals surface area contributed by atoms with Crippen molar-refractivity contribution in [2.24, 2.45) is 11.8 Å². The summed E-state index contributed by atoms with van der Waals surface area (Å²) in [6.45, 7) is 8.37. The Kier molecular flexibility index (Phi) is 7.65. The molecule has 23 heavy (non-hydrogen) atoms. The molecule has 1 heterocycles. The third kappa shape index (κ3) is 4.75.